The van der Waals surface area contributed by atoms with E-state index in [1.54, 1.807) is 0 Å². The lowest BCUT2D eigenvalue weighted by Crippen LogP contribution is -2.30. The van der Waals surface area contributed by atoms with Crippen LogP contribution in [0.4, 0.5) is 0 Å². The molecule has 0 radical (unpaired) electrons. The maximum atomic E-state index is 13.1. The van der Waals surface area contributed by atoms with Gasteiger partial charge in [0.05, 0.1) is 26.4 Å². The Hall–Kier alpha value is -5.58. The van der Waals surface area contributed by atoms with E-state index in [1.165, 1.54) is 38.5 Å². The van der Waals surface area contributed by atoms with Crippen LogP contribution < -0.4 is 0 Å². The van der Waals surface area contributed by atoms with Gasteiger partial charge in [-0.1, -0.05) is 288 Å². The molecule has 0 aromatic carbocycles. The second-order valence-electron chi connectivity index (χ2n) is 26.9. The molecule has 0 amide bonds. The third-order valence-corrected chi connectivity index (χ3v) is 18.6. The maximum Gasteiger partial charge on any atom is 0.472 e. The number of hydrogen-bond acceptors (Lipinski definition) is 15. The fourth-order valence-corrected chi connectivity index (χ4v) is 12.0. The van der Waals surface area contributed by atoms with Crippen molar-refractivity contribution in [2.45, 2.75) is 329 Å². The average Bonchev–Trinajstić information content (AvgIpc) is 0.906. The summed E-state index contributed by atoms with van der Waals surface area (Å²) >= 11 is 0. The fraction of sp³-hybridized carbons (Fsp3) is 0.640. The molecule has 0 aliphatic carbocycles. The molecule has 5 atom stereocenters. The van der Waals surface area contributed by atoms with Gasteiger partial charge < -0.3 is 33.8 Å². The first kappa shape index (κ1) is 102. The number of phosphoric ester groups is 2. The maximum absolute atomic E-state index is 13.1. The van der Waals surface area contributed by atoms with Crippen molar-refractivity contribution < 1.29 is 80.2 Å². The van der Waals surface area contributed by atoms with E-state index >= 15 is 0 Å². The highest BCUT2D eigenvalue weighted by molar-refractivity contribution is 7.47. The van der Waals surface area contributed by atoms with Crippen molar-refractivity contribution in [3.8, 4) is 0 Å². The predicted molar refractivity (Wildman–Crippen MR) is 445 cm³/mol. The Morgan fingerprint density at radius 2 is 0.491 bits per heavy atom. The molecule has 614 valence electrons. The Morgan fingerprint density at radius 3 is 0.787 bits per heavy atom. The molecule has 0 saturated heterocycles. The van der Waals surface area contributed by atoms with Gasteiger partial charge in [0.1, 0.15) is 19.3 Å². The molecule has 0 heterocycles. The predicted octanol–water partition coefficient (Wildman–Crippen LogP) is 24.6. The van der Waals surface area contributed by atoms with Crippen molar-refractivity contribution >= 4 is 39.5 Å². The Morgan fingerprint density at radius 1 is 0.269 bits per heavy atom. The highest BCUT2D eigenvalue weighted by Crippen LogP contribution is 2.45. The van der Waals surface area contributed by atoms with Gasteiger partial charge in [0.15, 0.2) is 12.2 Å². The van der Waals surface area contributed by atoms with Crippen LogP contribution in [0.2, 0.25) is 0 Å². The van der Waals surface area contributed by atoms with E-state index in [2.05, 4.69) is 186 Å². The molecule has 5 unspecified atom stereocenters. The molecule has 108 heavy (non-hydrogen) atoms. The minimum absolute atomic E-state index is 0.0562. The zero-order valence-electron chi connectivity index (χ0n) is 67.2. The summed E-state index contributed by atoms with van der Waals surface area (Å²) in [5.74, 6) is -2.30. The summed E-state index contributed by atoms with van der Waals surface area (Å²) in [6.45, 7) is 4.42. The largest absolute Gasteiger partial charge is 0.472 e. The van der Waals surface area contributed by atoms with E-state index in [0.29, 0.717) is 32.1 Å². The summed E-state index contributed by atoms with van der Waals surface area (Å²) in [4.78, 5) is 73.2. The number of allylic oxidation sites excluding steroid dienone is 28. The third-order valence-electron chi connectivity index (χ3n) is 16.7. The summed E-state index contributed by atoms with van der Waals surface area (Å²) < 4.78 is 68.7. The molecule has 19 heteroatoms. The molecule has 0 spiro atoms. The summed E-state index contributed by atoms with van der Waals surface area (Å²) in [7, 11) is -10.0. The van der Waals surface area contributed by atoms with Crippen molar-refractivity contribution in [2.75, 3.05) is 39.6 Å². The number of phosphoric acid groups is 2. The van der Waals surface area contributed by atoms with Gasteiger partial charge in [-0.25, -0.2) is 9.13 Å². The van der Waals surface area contributed by atoms with Gasteiger partial charge in [-0.3, -0.25) is 37.3 Å². The standard InChI is InChI=1S/C89H146O17P2/c1-5-9-13-17-21-25-29-33-37-40-41-44-47-50-54-58-62-66-70-74-87(92)100-80-85(106-89(94)76-72-68-64-60-56-52-48-43-39-35-31-27-23-19-15-11-7-3)82-104-108(97,98)102-78-83(90)77-101-107(95,96)103-81-84(105-88(93)75-71-67-63-59-55-51-45-36-32-28-24-20-16-12-8-4)79-99-86(91)73-69-65-61-57-53-49-46-42-38-34-30-26-22-18-14-10-6-2/h9-11,13-15,21-23,25-27,33-39,41,44-46,48-49,52,57,61,83-85,90H,5-8,12,16-20,24,28-32,40,42-43,47,50-51,53-56,58-60,62-82H2,1-4H3,(H,95,96)(H,97,98)/b13-9-,14-10-,15-11-,25-21-,26-22-,27-23-,37-33-,38-34-,39-35-,44-41-,45-36-,49-46-,52-48-,61-57-. The van der Waals surface area contributed by atoms with Crippen LogP contribution in [0.15, 0.2) is 170 Å². The van der Waals surface area contributed by atoms with Crippen molar-refractivity contribution in [2.24, 2.45) is 0 Å². The number of carbonyl (C=O) groups is 4. The lowest BCUT2D eigenvalue weighted by Gasteiger charge is -2.21. The zero-order chi connectivity index (χ0) is 78.9. The number of rotatable bonds is 76. The average molecular weight is 1550 g/mol. The van der Waals surface area contributed by atoms with Crippen LogP contribution in [0.1, 0.15) is 310 Å². The molecule has 0 rings (SSSR count). The summed E-state index contributed by atoms with van der Waals surface area (Å²) in [6.07, 6.45) is 94.7. The topological polar surface area (TPSA) is 237 Å². The van der Waals surface area contributed by atoms with Crippen LogP contribution in [0.5, 0.6) is 0 Å². The first-order valence-corrected chi connectivity index (χ1v) is 44.4. The van der Waals surface area contributed by atoms with Crippen LogP contribution in [0, 0.1) is 0 Å². The molecule has 0 aliphatic rings. The second kappa shape index (κ2) is 79.5. The monoisotopic (exact) mass is 1550 g/mol. The first-order valence-electron chi connectivity index (χ1n) is 41.4. The summed E-state index contributed by atoms with van der Waals surface area (Å²) in [5, 5.41) is 10.7. The van der Waals surface area contributed by atoms with Crippen molar-refractivity contribution in [1.82, 2.24) is 0 Å². The van der Waals surface area contributed by atoms with Gasteiger partial charge >= 0.3 is 39.5 Å². The van der Waals surface area contributed by atoms with E-state index in [4.69, 9.17) is 37.0 Å². The van der Waals surface area contributed by atoms with Crippen molar-refractivity contribution in [3.63, 3.8) is 0 Å². The van der Waals surface area contributed by atoms with Crippen LogP contribution >= 0.6 is 15.6 Å². The zero-order valence-corrected chi connectivity index (χ0v) is 69.0. The van der Waals surface area contributed by atoms with Crippen LogP contribution in [0.25, 0.3) is 0 Å². The van der Waals surface area contributed by atoms with E-state index < -0.39 is 97.5 Å². The second-order valence-corrected chi connectivity index (χ2v) is 29.8. The molecule has 0 bridgehead atoms. The number of carbonyl (C=O) groups excluding carboxylic acids is 4. The van der Waals surface area contributed by atoms with E-state index in [0.717, 1.165) is 186 Å². The molecule has 0 aliphatic heterocycles. The summed E-state index contributed by atoms with van der Waals surface area (Å²) in [6, 6.07) is 0. The molecule has 0 saturated carbocycles. The highest BCUT2D eigenvalue weighted by Gasteiger charge is 2.30. The van der Waals surface area contributed by atoms with Crippen molar-refractivity contribution in [3.05, 3.63) is 170 Å². The third kappa shape index (κ3) is 78.5. The Balaban J connectivity index is 5.47. The number of esters is 4. The Bertz CT molecular complexity index is 2710. The summed E-state index contributed by atoms with van der Waals surface area (Å²) in [5.41, 5.74) is 0. The molecule has 17 nitrogen and oxygen atoms in total. The van der Waals surface area contributed by atoms with Crippen molar-refractivity contribution in [1.29, 1.82) is 0 Å². The first-order chi connectivity index (χ1) is 52.7. The molecule has 0 fully saturated rings. The van der Waals surface area contributed by atoms with Gasteiger partial charge in [0, 0.05) is 25.7 Å². The van der Waals surface area contributed by atoms with E-state index in [9.17, 15) is 43.2 Å². The minimum Gasteiger partial charge on any atom is -0.462 e. The molecule has 0 aromatic rings. The van der Waals surface area contributed by atoms with Gasteiger partial charge in [0.2, 0.25) is 0 Å². The van der Waals surface area contributed by atoms with Crippen LogP contribution in [-0.2, 0) is 65.4 Å². The molecular weight excluding hydrogens is 1400 g/mol. The van der Waals surface area contributed by atoms with Crippen LogP contribution in [0.3, 0.4) is 0 Å². The molecule has 3 N–H and O–H groups in total. The minimum atomic E-state index is -5.00. The van der Waals surface area contributed by atoms with Gasteiger partial charge in [-0.2, -0.15) is 0 Å². The Labute approximate surface area is 654 Å². The van der Waals surface area contributed by atoms with E-state index in [-0.39, 0.29) is 25.7 Å². The normalized spacial score (nSPS) is 14.7. The fourth-order valence-electron chi connectivity index (χ4n) is 10.5. The Kier molecular flexibility index (Phi) is 75.4. The number of aliphatic hydroxyl groups is 1. The van der Waals surface area contributed by atoms with Gasteiger partial charge in [-0.15, -0.1) is 0 Å². The van der Waals surface area contributed by atoms with Crippen LogP contribution in [-0.4, -0.2) is 96.7 Å². The SMILES string of the molecule is CC/C=C\C/C=C\C/C=C\C/C=C\C/C=C\CCCC(=O)OCC(COP(=O)(O)OCC(O)COP(=O)(O)OCC(COC(=O)CCCCCCCC/C=C\C/C=C\C/C=C\C/C=C\CC)OC(=O)CCCCCC/C=C\C/C=C\C/C=C\C/C=C\CC)OC(=O)CCCCCCC/C=C\CCCCCCCC. The number of ether oxygens (including phenoxy) is 4. The smallest absolute Gasteiger partial charge is 0.462 e. The number of hydrogen-bond donors (Lipinski definition) is 3. The highest BCUT2D eigenvalue weighted by atomic mass is 31.2. The van der Waals surface area contributed by atoms with Gasteiger partial charge in [-0.05, 0) is 167 Å². The lowest BCUT2D eigenvalue weighted by molar-refractivity contribution is -0.161. The molecular formula is C89H146O17P2. The molecule has 0 aromatic heterocycles. The lowest BCUT2D eigenvalue weighted by atomic mass is 10.1. The van der Waals surface area contributed by atoms with Gasteiger partial charge in [0.25, 0.3) is 0 Å². The quantitative estimate of drug-likeness (QED) is 0.0169. The van der Waals surface area contributed by atoms with E-state index in [1.807, 2.05) is 12.2 Å². The number of aliphatic hydroxyl groups excluding tert-OH is 1. The number of unbranched alkanes of at least 4 members (excludes halogenated alkanes) is 22.